The van der Waals surface area contributed by atoms with Crippen LogP contribution in [0.2, 0.25) is 5.02 Å². The van der Waals surface area contributed by atoms with Crippen molar-refractivity contribution in [2.75, 3.05) is 6.61 Å². The van der Waals surface area contributed by atoms with Crippen molar-refractivity contribution >= 4 is 27.8 Å². The predicted molar refractivity (Wildman–Crippen MR) is 118 cm³/mol. The minimum Gasteiger partial charge on any atom is -0.490 e. The first-order valence-electron chi connectivity index (χ1n) is 9.22. The number of hydrazone groups is 1. The van der Waals surface area contributed by atoms with Crippen molar-refractivity contribution in [2.45, 2.75) is 18.4 Å². The molecule has 30 heavy (non-hydrogen) atoms. The molecule has 0 bridgehead atoms. The van der Waals surface area contributed by atoms with Gasteiger partial charge in [-0.2, -0.15) is 13.5 Å². The molecule has 0 amide bonds. The van der Waals surface area contributed by atoms with E-state index in [0.717, 1.165) is 5.56 Å². The molecule has 0 aliphatic rings. The molecule has 3 aromatic carbocycles. The highest BCUT2D eigenvalue weighted by molar-refractivity contribution is 7.89. The number of benzene rings is 3. The van der Waals surface area contributed by atoms with Gasteiger partial charge in [-0.25, -0.2) is 4.83 Å². The summed E-state index contributed by atoms with van der Waals surface area (Å²) in [5, 5.41) is 4.49. The molecule has 0 unspecified atom stereocenters. The third-order valence-corrected chi connectivity index (χ3v) is 5.46. The maximum Gasteiger partial charge on any atom is 0.276 e. The van der Waals surface area contributed by atoms with Crippen molar-refractivity contribution < 1.29 is 17.9 Å². The van der Waals surface area contributed by atoms with E-state index in [4.69, 9.17) is 21.1 Å². The van der Waals surface area contributed by atoms with E-state index in [2.05, 4.69) is 9.93 Å². The number of sulfonamides is 1. The van der Waals surface area contributed by atoms with Gasteiger partial charge in [0.25, 0.3) is 10.0 Å². The third kappa shape index (κ3) is 5.98. The number of nitrogens with zero attached hydrogens (tertiary/aromatic N) is 1. The van der Waals surface area contributed by atoms with Crippen LogP contribution in [0.3, 0.4) is 0 Å². The SMILES string of the molecule is CCOc1cc(/C=N/NS(=O)(=O)c2ccccc2)ccc1OCc1cccc(Cl)c1. The van der Waals surface area contributed by atoms with Crippen LogP contribution in [0, 0.1) is 0 Å². The lowest BCUT2D eigenvalue weighted by atomic mass is 10.2. The van der Waals surface area contributed by atoms with Gasteiger partial charge in [0.2, 0.25) is 0 Å². The molecule has 0 saturated carbocycles. The van der Waals surface area contributed by atoms with E-state index in [9.17, 15) is 8.42 Å². The van der Waals surface area contributed by atoms with Gasteiger partial charge in [0.1, 0.15) is 6.61 Å². The Morgan fingerprint density at radius 3 is 2.50 bits per heavy atom. The van der Waals surface area contributed by atoms with Crippen molar-refractivity contribution in [2.24, 2.45) is 5.10 Å². The summed E-state index contributed by atoms with van der Waals surface area (Å²) in [5.41, 5.74) is 1.59. The fraction of sp³-hybridized carbons (Fsp3) is 0.136. The Balaban J connectivity index is 1.70. The van der Waals surface area contributed by atoms with Gasteiger partial charge in [0.15, 0.2) is 11.5 Å². The lowest BCUT2D eigenvalue weighted by Gasteiger charge is -2.13. The van der Waals surface area contributed by atoms with Gasteiger partial charge in [-0.05, 0) is 60.5 Å². The average Bonchev–Trinajstić information content (AvgIpc) is 2.74. The molecule has 0 spiro atoms. The van der Waals surface area contributed by atoms with E-state index >= 15 is 0 Å². The zero-order valence-corrected chi connectivity index (χ0v) is 17.9. The number of halogens is 1. The molecule has 0 atom stereocenters. The molecule has 1 N–H and O–H groups in total. The lowest BCUT2D eigenvalue weighted by Crippen LogP contribution is -2.18. The molecule has 0 saturated heterocycles. The minimum absolute atomic E-state index is 0.141. The van der Waals surface area contributed by atoms with Gasteiger partial charge < -0.3 is 9.47 Å². The van der Waals surface area contributed by atoms with Crippen LogP contribution in [0.4, 0.5) is 0 Å². The summed E-state index contributed by atoms with van der Waals surface area (Å²) in [6, 6.07) is 20.7. The molecule has 3 rings (SSSR count). The highest BCUT2D eigenvalue weighted by atomic mass is 35.5. The van der Waals surface area contributed by atoms with E-state index in [1.54, 1.807) is 42.5 Å². The number of hydrogen-bond donors (Lipinski definition) is 1. The van der Waals surface area contributed by atoms with Crippen molar-refractivity contribution in [3.8, 4) is 11.5 Å². The molecule has 0 aliphatic carbocycles. The second-order valence-corrected chi connectivity index (χ2v) is 8.32. The van der Waals surface area contributed by atoms with Crippen LogP contribution in [0.5, 0.6) is 11.5 Å². The van der Waals surface area contributed by atoms with Crippen LogP contribution in [-0.2, 0) is 16.6 Å². The molecular weight excluding hydrogens is 424 g/mol. The molecule has 0 aliphatic heterocycles. The Labute approximate surface area is 181 Å². The first kappa shape index (κ1) is 21.7. The van der Waals surface area contributed by atoms with E-state index in [1.807, 2.05) is 25.1 Å². The standard InChI is InChI=1S/C22H21ClN2O4S/c1-2-28-22-14-17(15-24-25-30(26,27)20-9-4-3-5-10-20)11-12-21(22)29-16-18-7-6-8-19(23)13-18/h3-15,25H,2,16H2,1H3/b24-15+. The van der Waals surface area contributed by atoms with Gasteiger partial charge in [-0.3, -0.25) is 0 Å². The molecule has 0 fully saturated rings. The summed E-state index contributed by atoms with van der Waals surface area (Å²) in [7, 11) is -3.72. The lowest BCUT2D eigenvalue weighted by molar-refractivity contribution is 0.269. The zero-order chi connectivity index (χ0) is 21.4. The van der Waals surface area contributed by atoms with Crippen molar-refractivity contribution in [3.63, 3.8) is 0 Å². The summed E-state index contributed by atoms with van der Waals surface area (Å²) in [5.74, 6) is 1.10. The summed E-state index contributed by atoms with van der Waals surface area (Å²) in [6.07, 6.45) is 1.41. The van der Waals surface area contributed by atoms with Gasteiger partial charge in [-0.15, -0.1) is 0 Å². The molecular formula is C22H21ClN2O4S. The first-order valence-corrected chi connectivity index (χ1v) is 11.1. The summed E-state index contributed by atoms with van der Waals surface area (Å²) in [4.78, 5) is 2.34. The summed E-state index contributed by atoms with van der Waals surface area (Å²) >= 11 is 6.00. The minimum atomic E-state index is -3.72. The van der Waals surface area contributed by atoms with Crippen LogP contribution in [-0.4, -0.2) is 21.2 Å². The molecule has 0 aromatic heterocycles. The highest BCUT2D eigenvalue weighted by Gasteiger charge is 2.11. The predicted octanol–water partition coefficient (Wildman–Crippen LogP) is 4.63. The number of rotatable bonds is 9. The monoisotopic (exact) mass is 444 g/mol. The van der Waals surface area contributed by atoms with Crippen molar-refractivity contribution in [1.29, 1.82) is 0 Å². The Bertz CT molecular complexity index is 1120. The average molecular weight is 445 g/mol. The second-order valence-electron chi connectivity index (χ2n) is 6.22. The number of ether oxygens (including phenoxy) is 2. The number of hydrogen-bond acceptors (Lipinski definition) is 5. The van der Waals surface area contributed by atoms with Crippen molar-refractivity contribution in [1.82, 2.24) is 4.83 Å². The van der Waals surface area contributed by atoms with Crippen LogP contribution in [0.25, 0.3) is 0 Å². The molecule has 8 heteroatoms. The molecule has 156 valence electrons. The van der Waals surface area contributed by atoms with E-state index in [1.165, 1.54) is 18.3 Å². The van der Waals surface area contributed by atoms with Gasteiger partial charge in [-0.1, -0.05) is 41.9 Å². The zero-order valence-electron chi connectivity index (χ0n) is 16.3. The van der Waals surface area contributed by atoms with Crippen LogP contribution >= 0.6 is 11.6 Å². The second kappa shape index (κ2) is 10.1. The van der Waals surface area contributed by atoms with E-state index in [-0.39, 0.29) is 4.90 Å². The maximum absolute atomic E-state index is 12.2. The maximum atomic E-state index is 12.2. The normalized spacial score (nSPS) is 11.4. The third-order valence-electron chi connectivity index (χ3n) is 3.99. The molecule has 0 heterocycles. The Morgan fingerprint density at radius 2 is 1.77 bits per heavy atom. The fourth-order valence-corrected chi connectivity index (χ4v) is 3.63. The largest absolute Gasteiger partial charge is 0.490 e. The van der Waals surface area contributed by atoms with Crippen LogP contribution < -0.4 is 14.3 Å². The van der Waals surface area contributed by atoms with Crippen LogP contribution in [0.1, 0.15) is 18.1 Å². The van der Waals surface area contributed by atoms with Crippen molar-refractivity contribution in [3.05, 3.63) is 88.9 Å². The quantitative estimate of drug-likeness (QED) is 0.385. The Morgan fingerprint density at radius 1 is 0.967 bits per heavy atom. The van der Waals surface area contributed by atoms with Gasteiger partial charge >= 0.3 is 0 Å². The van der Waals surface area contributed by atoms with E-state index < -0.39 is 10.0 Å². The van der Waals surface area contributed by atoms with Crippen LogP contribution in [0.15, 0.2) is 82.8 Å². The highest BCUT2D eigenvalue weighted by Crippen LogP contribution is 2.29. The number of nitrogens with one attached hydrogen (secondary N) is 1. The van der Waals surface area contributed by atoms with E-state index in [0.29, 0.717) is 35.3 Å². The molecule has 6 nitrogen and oxygen atoms in total. The fourth-order valence-electron chi connectivity index (χ4n) is 2.60. The first-order chi connectivity index (χ1) is 14.5. The van der Waals surface area contributed by atoms with Gasteiger partial charge in [0.05, 0.1) is 17.7 Å². The molecule has 0 radical (unpaired) electrons. The Kier molecular flexibility index (Phi) is 7.32. The topological polar surface area (TPSA) is 77.0 Å². The molecule has 3 aromatic rings. The summed E-state index contributed by atoms with van der Waals surface area (Å²) < 4.78 is 35.9. The van der Waals surface area contributed by atoms with Gasteiger partial charge in [0, 0.05) is 5.02 Å². The Hall–Kier alpha value is -3.03. The summed E-state index contributed by atoms with van der Waals surface area (Å²) in [6.45, 7) is 2.66. The smallest absolute Gasteiger partial charge is 0.276 e.